The van der Waals surface area contributed by atoms with Crippen molar-refractivity contribution >= 4 is 23.5 Å². The van der Waals surface area contributed by atoms with Gasteiger partial charge in [0.05, 0.1) is 5.69 Å². The van der Waals surface area contributed by atoms with Crippen LogP contribution in [0.3, 0.4) is 0 Å². The van der Waals surface area contributed by atoms with Gasteiger partial charge in [0, 0.05) is 16.9 Å². The van der Waals surface area contributed by atoms with Crippen LogP contribution in [0.1, 0.15) is 52.8 Å². The molecule has 0 unspecified atom stereocenters. The van der Waals surface area contributed by atoms with Crippen molar-refractivity contribution in [2.75, 3.05) is 0 Å². The molecule has 2 heterocycles. The van der Waals surface area contributed by atoms with Gasteiger partial charge in [-0.3, -0.25) is 0 Å². The van der Waals surface area contributed by atoms with E-state index >= 15 is 0 Å². The fourth-order valence-corrected chi connectivity index (χ4v) is 3.24. The van der Waals surface area contributed by atoms with Crippen LogP contribution in [0.2, 0.25) is 0 Å². The second kappa shape index (κ2) is 6.77. The third kappa shape index (κ3) is 3.42. The molecule has 1 aromatic carbocycles. The Labute approximate surface area is 143 Å². The Morgan fingerprint density at radius 1 is 1.21 bits per heavy atom. The fourth-order valence-electron chi connectivity index (χ4n) is 2.49. The Morgan fingerprint density at radius 2 is 2.17 bits per heavy atom. The molecule has 1 aliphatic rings. The van der Waals surface area contributed by atoms with Crippen molar-refractivity contribution in [1.29, 1.82) is 0 Å². The first-order valence-electron chi connectivity index (χ1n) is 7.86. The third-order valence-corrected chi connectivity index (χ3v) is 4.81. The van der Waals surface area contributed by atoms with Crippen molar-refractivity contribution in [2.45, 2.75) is 25.2 Å². The molecular formula is C18H15N5S. The number of benzene rings is 1. The summed E-state index contributed by atoms with van der Waals surface area (Å²) in [6, 6.07) is 8.03. The summed E-state index contributed by atoms with van der Waals surface area (Å²) in [5.41, 5.74) is 3.22. The van der Waals surface area contributed by atoms with Crippen LogP contribution >= 0.6 is 11.3 Å². The number of rotatable bonds is 3. The van der Waals surface area contributed by atoms with Crippen molar-refractivity contribution in [3.8, 4) is 11.8 Å². The van der Waals surface area contributed by atoms with Gasteiger partial charge in [-0.1, -0.05) is 30.6 Å². The lowest BCUT2D eigenvalue weighted by molar-refractivity contribution is 0.412. The molecule has 2 aromatic heterocycles. The maximum atomic E-state index is 4.64. The van der Waals surface area contributed by atoms with Gasteiger partial charge in [0.15, 0.2) is 10.8 Å². The molecule has 0 atom stereocenters. The molecule has 118 valence electrons. The zero-order valence-corrected chi connectivity index (χ0v) is 13.8. The van der Waals surface area contributed by atoms with Gasteiger partial charge in [-0.2, -0.15) is 5.21 Å². The van der Waals surface area contributed by atoms with Crippen LogP contribution in [0.5, 0.6) is 0 Å². The maximum absolute atomic E-state index is 4.64. The molecule has 4 rings (SSSR count). The van der Waals surface area contributed by atoms with Crippen molar-refractivity contribution in [3.63, 3.8) is 0 Å². The standard InChI is InChI=1S/C18H15N5S/c1-3-13(7-9-17-20-22-23-21-17)11-14(4-1)8-10-18-19-16(12-24-18)15-5-2-6-15/h1,3-4,7,9,11-12,15H,2,5-6H2,(H,20,21,22,23)/b9-7+. The summed E-state index contributed by atoms with van der Waals surface area (Å²) in [5.74, 6) is 7.59. The number of aromatic nitrogens is 5. The molecule has 1 saturated carbocycles. The van der Waals surface area contributed by atoms with Crippen LogP contribution in [-0.4, -0.2) is 25.6 Å². The van der Waals surface area contributed by atoms with E-state index in [1.165, 1.54) is 25.0 Å². The molecule has 0 aliphatic heterocycles. The van der Waals surface area contributed by atoms with Crippen molar-refractivity contribution < 1.29 is 0 Å². The first-order chi connectivity index (χ1) is 11.9. The van der Waals surface area contributed by atoms with Gasteiger partial charge in [0.2, 0.25) is 0 Å². The number of H-pyrrole nitrogens is 1. The molecule has 1 fully saturated rings. The fraction of sp³-hybridized carbons (Fsp3) is 0.222. The van der Waals surface area contributed by atoms with Gasteiger partial charge >= 0.3 is 0 Å². The summed E-state index contributed by atoms with van der Waals surface area (Å²) in [4.78, 5) is 4.64. The summed E-state index contributed by atoms with van der Waals surface area (Å²) >= 11 is 1.63. The Balaban J connectivity index is 1.49. The predicted molar refractivity (Wildman–Crippen MR) is 94.2 cm³/mol. The molecule has 0 amide bonds. The van der Waals surface area contributed by atoms with Crippen LogP contribution in [0.4, 0.5) is 0 Å². The topological polar surface area (TPSA) is 67.3 Å². The highest BCUT2D eigenvalue weighted by atomic mass is 32.1. The first kappa shape index (κ1) is 14.8. The summed E-state index contributed by atoms with van der Waals surface area (Å²) in [6.45, 7) is 0. The molecule has 1 aliphatic carbocycles. The number of hydrogen-bond acceptors (Lipinski definition) is 5. The van der Waals surface area contributed by atoms with E-state index in [9.17, 15) is 0 Å². The van der Waals surface area contributed by atoms with Crippen molar-refractivity contribution in [3.05, 3.63) is 57.3 Å². The number of tetrazole rings is 1. The van der Waals surface area contributed by atoms with Gasteiger partial charge in [0.1, 0.15) is 0 Å². The summed E-state index contributed by atoms with van der Waals surface area (Å²) < 4.78 is 0. The van der Waals surface area contributed by atoms with E-state index < -0.39 is 0 Å². The van der Waals surface area contributed by atoms with Crippen LogP contribution < -0.4 is 0 Å². The second-order valence-corrected chi connectivity index (χ2v) is 6.54. The highest BCUT2D eigenvalue weighted by Gasteiger charge is 2.21. The average Bonchev–Trinajstić information content (AvgIpc) is 3.22. The lowest BCUT2D eigenvalue weighted by atomic mass is 9.83. The van der Waals surface area contributed by atoms with E-state index in [2.05, 4.69) is 42.8 Å². The monoisotopic (exact) mass is 333 g/mol. The lowest BCUT2D eigenvalue weighted by Crippen LogP contribution is -2.08. The van der Waals surface area contributed by atoms with Gasteiger partial charge in [-0.25, -0.2) is 4.98 Å². The minimum absolute atomic E-state index is 0.554. The van der Waals surface area contributed by atoms with Gasteiger partial charge in [0.25, 0.3) is 0 Å². The van der Waals surface area contributed by atoms with E-state index in [0.717, 1.165) is 16.1 Å². The van der Waals surface area contributed by atoms with E-state index in [4.69, 9.17) is 0 Å². The van der Waals surface area contributed by atoms with Crippen LogP contribution in [0, 0.1) is 11.8 Å². The molecule has 0 spiro atoms. The molecule has 5 nitrogen and oxygen atoms in total. The maximum Gasteiger partial charge on any atom is 0.197 e. The van der Waals surface area contributed by atoms with Crippen molar-refractivity contribution in [1.82, 2.24) is 25.6 Å². The number of nitrogens with zero attached hydrogens (tertiary/aromatic N) is 4. The Morgan fingerprint density at radius 3 is 2.96 bits per heavy atom. The zero-order valence-electron chi connectivity index (χ0n) is 12.9. The smallest absolute Gasteiger partial charge is 0.197 e. The number of aromatic amines is 1. The molecule has 6 heteroatoms. The summed E-state index contributed by atoms with van der Waals surface area (Å²) in [5, 5.41) is 16.8. The number of hydrogen-bond donors (Lipinski definition) is 1. The van der Waals surface area contributed by atoms with Crippen LogP contribution in [0.15, 0.2) is 29.6 Å². The summed E-state index contributed by atoms with van der Waals surface area (Å²) in [7, 11) is 0. The Bertz CT molecular complexity index is 910. The quantitative estimate of drug-likeness (QED) is 0.745. The molecule has 0 radical (unpaired) electrons. The second-order valence-electron chi connectivity index (χ2n) is 5.68. The minimum Gasteiger partial charge on any atom is -0.232 e. The molecule has 0 bridgehead atoms. The zero-order chi connectivity index (χ0) is 16.2. The van der Waals surface area contributed by atoms with Gasteiger partial charge in [-0.05, 0) is 47.7 Å². The van der Waals surface area contributed by atoms with Crippen LogP contribution in [0.25, 0.3) is 12.2 Å². The highest BCUT2D eigenvalue weighted by molar-refractivity contribution is 7.10. The van der Waals surface area contributed by atoms with Gasteiger partial charge in [-0.15, -0.1) is 21.5 Å². The number of thiazole rings is 1. The highest BCUT2D eigenvalue weighted by Crippen LogP contribution is 2.36. The SMILES string of the molecule is C(#Cc1nc(C2CCC2)cs1)c1cccc(/C=C/c2nn[nH]n2)c1. The van der Waals surface area contributed by atoms with Crippen molar-refractivity contribution in [2.24, 2.45) is 0 Å². The molecule has 1 N–H and O–H groups in total. The first-order valence-corrected chi connectivity index (χ1v) is 8.74. The Hall–Kier alpha value is -2.78. The van der Waals surface area contributed by atoms with Crippen LogP contribution in [-0.2, 0) is 0 Å². The molecule has 24 heavy (non-hydrogen) atoms. The summed E-state index contributed by atoms with van der Waals surface area (Å²) in [6.07, 6.45) is 7.61. The molecular weight excluding hydrogens is 318 g/mol. The molecule has 0 saturated heterocycles. The minimum atomic E-state index is 0.554. The predicted octanol–water partition coefficient (Wildman–Crippen LogP) is 3.49. The van der Waals surface area contributed by atoms with Gasteiger partial charge < -0.3 is 0 Å². The average molecular weight is 333 g/mol. The normalized spacial score (nSPS) is 14.3. The number of nitrogens with one attached hydrogen (secondary N) is 1. The third-order valence-electron chi connectivity index (χ3n) is 4.03. The van der Waals surface area contributed by atoms with E-state index in [1.807, 2.05) is 36.4 Å². The molecule has 3 aromatic rings. The van der Waals surface area contributed by atoms with E-state index in [-0.39, 0.29) is 0 Å². The van der Waals surface area contributed by atoms with E-state index in [1.54, 1.807) is 11.3 Å². The largest absolute Gasteiger partial charge is 0.232 e. The van der Waals surface area contributed by atoms with E-state index in [0.29, 0.717) is 11.7 Å². The Kier molecular flexibility index (Phi) is 4.17. The lowest BCUT2D eigenvalue weighted by Gasteiger charge is -2.22.